The Hall–Kier alpha value is -2.51. The number of alkyl halides is 3. The molecular formula is C18H20F3N3O2. The zero-order valence-corrected chi connectivity index (χ0v) is 14.1. The number of piperidine rings is 1. The third-order valence-corrected chi connectivity index (χ3v) is 4.78. The van der Waals surface area contributed by atoms with Gasteiger partial charge in [-0.1, -0.05) is 18.2 Å². The van der Waals surface area contributed by atoms with Gasteiger partial charge in [-0.05, 0) is 43.2 Å². The van der Waals surface area contributed by atoms with Crippen molar-refractivity contribution in [2.45, 2.75) is 31.9 Å². The Labute approximate surface area is 148 Å². The van der Waals surface area contributed by atoms with Gasteiger partial charge in [0, 0.05) is 19.2 Å². The fraction of sp³-hybridized carbons (Fsp3) is 0.444. The number of carbonyl (C=O) groups excluding carboxylic acids is 1. The molecule has 1 saturated heterocycles. The Kier molecular flexibility index (Phi) is 5.20. The number of rotatable bonds is 4. The van der Waals surface area contributed by atoms with E-state index in [1.54, 1.807) is 11.0 Å². The molecule has 1 aliphatic rings. The van der Waals surface area contributed by atoms with Crippen molar-refractivity contribution in [1.82, 2.24) is 15.1 Å². The van der Waals surface area contributed by atoms with E-state index >= 15 is 0 Å². The average Bonchev–Trinajstić information content (AvgIpc) is 3.05. The lowest BCUT2D eigenvalue weighted by Crippen LogP contribution is -2.40. The maximum Gasteiger partial charge on any atom is 0.416 e. The average molecular weight is 367 g/mol. The van der Waals surface area contributed by atoms with Crippen molar-refractivity contribution < 1.29 is 18.0 Å². The second kappa shape index (κ2) is 7.39. The van der Waals surface area contributed by atoms with Crippen LogP contribution in [0.4, 0.5) is 13.2 Å². The number of H-pyrrole nitrogens is 2. The van der Waals surface area contributed by atoms with Crippen LogP contribution in [-0.4, -0.2) is 34.1 Å². The summed E-state index contributed by atoms with van der Waals surface area (Å²) >= 11 is 0. The standard InChI is InChI=1S/C18H20F3N3O2/c19-18(20,21)14-6-2-1-5-13(14)8-7-12-4-3-9-24(11-12)17(26)15-10-16(25)23-22-15/h1-2,5-6,10,12H,3-4,7-9,11H2,(H2,22,23,25)/t12-/m0/s1. The third kappa shape index (κ3) is 4.17. The molecule has 0 aliphatic carbocycles. The van der Waals surface area contributed by atoms with Crippen LogP contribution in [0.2, 0.25) is 0 Å². The molecule has 3 rings (SSSR count). The highest BCUT2D eigenvalue weighted by Crippen LogP contribution is 2.33. The fourth-order valence-electron chi connectivity index (χ4n) is 3.48. The number of aromatic nitrogens is 2. The largest absolute Gasteiger partial charge is 0.416 e. The normalized spacial score (nSPS) is 18.1. The van der Waals surface area contributed by atoms with E-state index in [0.717, 1.165) is 18.9 Å². The number of likely N-dealkylation sites (tertiary alicyclic amines) is 1. The minimum absolute atomic E-state index is 0.139. The molecule has 5 nitrogen and oxygen atoms in total. The topological polar surface area (TPSA) is 69.0 Å². The minimum atomic E-state index is -4.36. The predicted octanol–water partition coefficient (Wildman–Crippen LogP) is 3.21. The van der Waals surface area contributed by atoms with Crippen molar-refractivity contribution in [3.8, 4) is 0 Å². The molecule has 0 bridgehead atoms. The first-order chi connectivity index (χ1) is 12.3. The van der Waals surface area contributed by atoms with E-state index in [2.05, 4.69) is 10.2 Å². The molecule has 1 fully saturated rings. The van der Waals surface area contributed by atoms with Gasteiger partial charge in [0.15, 0.2) is 0 Å². The van der Waals surface area contributed by atoms with E-state index in [0.29, 0.717) is 31.5 Å². The van der Waals surface area contributed by atoms with Crippen LogP contribution in [0.3, 0.4) is 0 Å². The number of nitrogens with one attached hydrogen (secondary N) is 2. The monoisotopic (exact) mass is 367 g/mol. The second-order valence-electron chi connectivity index (χ2n) is 6.63. The van der Waals surface area contributed by atoms with Gasteiger partial charge in [-0.3, -0.25) is 19.8 Å². The van der Waals surface area contributed by atoms with E-state index in [1.165, 1.54) is 18.2 Å². The first kappa shape index (κ1) is 18.3. The van der Waals surface area contributed by atoms with Gasteiger partial charge in [0.2, 0.25) is 0 Å². The summed E-state index contributed by atoms with van der Waals surface area (Å²) < 4.78 is 39.3. The summed E-state index contributed by atoms with van der Waals surface area (Å²) in [6.07, 6.45) is -1.77. The summed E-state index contributed by atoms with van der Waals surface area (Å²) in [7, 11) is 0. The van der Waals surface area contributed by atoms with Crippen molar-refractivity contribution in [3.05, 3.63) is 57.5 Å². The van der Waals surface area contributed by atoms with E-state index in [9.17, 15) is 22.8 Å². The summed E-state index contributed by atoms with van der Waals surface area (Å²) in [5.74, 6) is -0.122. The van der Waals surface area contributed by atoms with Crippen molar-refractivity contribution in [1.29, 1.82) is 0 Å². The van der Waals surface area contributed by atoms with E-state index in [-0.39, 0.29) is 23.1 Å². The number of hydrogen-bond donors (Lipinski definition) is 2. The predicted molar refractivity (Wildman–Crippen MR) is 89.8 cm³/mol. The van der Waals surface area contributed by atoms with Gasteiger partial charge in [-0.25, -0.2) is 0 Å². The molecule has 8 heteroatoms. The molecule has 140 valence electrons. The minimum Gasteiger partial charge on any atom is -0.337 e. The number of aryl methyl sites for hydroxylation is 1. The van der Waals surface area contributed by atoms with Crippen LogP contribution in [0.1, 0.15) is 40.9 Å². The molecule has 0 spiro atoms. The van der Waals surface area contributed by atoms with Gasteiger partial charge in [0.1, 0.15) is 5.69 Å². The van der Waals surface area contributed by atoms with Crippen LogP contribution in [0.25, 0.3) is 0 Å². The zero-order valence-electron chi connectivity index (χ0n) is 14.1. The summed E-state index contributed by atoms with van der Waals surface area (Å²) in [6, 6.07) is 6.84. The SMILES string of the molecule is O=C(c1cc(=O)[nH][nH]1)N1CCC[C@@H](CCc2ccccc2C(F)(F)F)C1. The highest BCUT2D eigenvalue weighted by molar-refractivity contribution is 5.92. The Morgan fingerprint density at radius 3 is 2.69 bits per heavy atom. The molecule has 1 aromatic heterocycles. The molecule has 1 aromatic carbocycles. The van der Waals surface area contributed by atoms with Crippen LogP contribution in [0.15, 0.2) is 35.1 Å². The van der Waals surface area contributed by atoms with E-state index < -0.39 is 11.7 Å². The number of amides is 1. The first-order valence-corrected chi connectivity index (χ1v) is 8.56. The number of nitrogens with zero attached hydrogens (tertiary/aromatic N) is 1. The molecule has 2 N–H and O–H groups in total. The molecule has 2 heterocycles. The maximum absolute atomic E-state index is 13.1. The van der Waals surface area contributed by atoms with E-state index in [1.807, 2.05) is 0 Å². The highest BCUT2D eigenvalue weighted by atomic mass is 19.4. The summed E-state index contributed by atoms with van der Waals surface area (Å²) in [5, 5.41) is 4.88. The van der Waals surface area contributed by atoms with Gasteiger partial charge >= 0.3 is 6.18 Å². The van der Waals surface area contributed by atoms with Gasteiger partial charge < -0.3 is 4.90 Å². The van der Waals surface area contributed by atoms with Crippen molar-refractivity contribution in [2.24, 2.45) is 5.92 Å². The Balaban J connectivity index is 1.63. The second-order valence-corrected chi connectivity index (χ2v) is 6.63. The van der Waals surface area contributed by atoms with Crippen LogP contribution in [-0.2, 0) is 12.6 Å². The maximum atomic E-state index is 13.1. The molecule has 0 unspecified atom stereocenters. The highest BCUT2D eigenvalue weighted by Gasteiger charge is 2.33. The molecular weight excluding hydrogens is 347 g/mol. The van der Waals surface area contributed by atoms with Crippen molar-refractivity contribution in [2.75, 3.05) is 13.1 Å². The number of aromatic amines is 2. The van der Waals surface area contributed by atoms with Crippen molar-refractivity contribution in [3.63, 3.8) is 0 Å². The van der Waals surface area contributed by atoms with Crippen molar-refractivity contribution >= 4 is 5.91 Å². The Morgan fingerprint density at radius 1 is 1.23 bits per heavy atom. The number of halogens is 3. The third-order valence-electron chi connectivity index (χ3n) is 4.78. The number of carbonyl (C=O) groups is 1. The van der Waals surface area contributed by atoms with Crippen LogP contribution < -0.4 is 5.56 Å². The van der Waals surface area contributed by atoms with Crippen LogP contribution >= 0.6 is 0 Å². The van der Waals surface area contributed by atoms with Crippen LogP contribution in [0.5, 0.6) is 0 Å². The smallest absolute Gasteiger partial charge is 0.337 e. The van der Waals surface area contributed by atoms with E-state index in [4.69, 9.17) is 0 Å². The van der Waals surface area contributed by atoms with Gasteiger partial charge in [0.25, 0.3) is 11.5 Å². The Bertz CT molecular complexity index is 825. The number of benzene rings is 1. The lowest BCUT2D eigenvalue weighted by Gasteiger charge is -2.32. The molecule has 0 saturated carbocycles. The van der Waals surface area contributed by atoms with Gasteiger partial charge in [-0.2, -0.15) is 13.2 Å². The summed E-state index contributed by atoms with van der Waals surface area (Å²) in [4.78, 5) is 25.2. The summed E-state index contributed by atoms with van der Waals surface area (Å²) in [5.41, 5.74) is -0.462. The number of hydrogen-bond acceptors (Lipinski definition) is 2. The van der Waals surface area contributed by atoms with Gasteiger partial charge in [0.05, 0.1) is 5.56 Å². The molecule has 26 heavy (non-hydrogen) atoms. The first-order valence-electron chi connectivity index (χ1n) is 8.56. The quantitative estimate of drug-likeness (QED) is 0.871. The lowest BCUT2D eigenvalue weighted by molar-refractivity contribution is -0.138. The fourth-order valence-corrected chi connectivity index (χ4v) is 3.48. The van der Waals surface area contributed by atoms with Crippen LogP contribution in [0, 0.1) is 5.92 Å². The zero-order chi connectivity index (χ0) is 18.7. The Morgan fingerprint density at radius 2 is 2.00 bits per heavy atom. The molecule has 0 radical (unpaired) electrons. The summed E-state index contributed by atoms with van der Waals surface area (Å²) in [6.45, 7) is 1.07. The molecule has 2 aromatic rings. The molecule has 1 atom stereocenters. The molecule has 1 aliphatic heterocycles. The lowest BCUT2D eigenvalue weighted by atomic mass is 9.90. The molecule has 1 amide bonds. The van der Waals surface area contributed by atoms with Gasteiger partial charge in [-0.15, -0.1) is 0 Å².